The number of nitrogens with one attached hydrogen (secondary N) is 1. The summed E-state index contributed by atoms with van der Waals surface area (Å²) in [4.78, 5) is 26.7. The van der Waals surface area contributed by atoms with E-state index >= 15 is 0 Å². The summed E-state index contributed by atoms with van der Waals surface area (Å²) in [6.45, 7) is 3.55. The Kier molecular flexibility index (Phi) is 4.47. The molecule has 0 spiro atoms. The third-order valence-corrected chi connectivity index (χ3v) is 4.00. The number of benzene rings is 1. The molecule has 19 heavy (non-hydrogen) atoms. The number of hydrogen-bond donors (Lipinski definition) is 1. The van der Waals surface area contributed by atoms with E-state index in [1.807, 2.05) is 31.4 Å². The maximum Gasteiger partial charge on any atom is 0.254 e. The maximum absolute atomic E-state index is 12.5. The van der Waals surface area contributed by atoms with Crippen molar-refractivity contribution in [2.24, 2.45) is 0 Å². The topological polar surface area (TPSA) is 49.4 Å². The molecule has 0 atom stereocenters. The van der Waals surface area contributed by atoms with Gasteiger partial charge in [0.2, 0.25) is 5.91 Å². The summed E-state index contributed by atoms with van der Waals surface area (Å²) in [5.41, 5.74) is 1.72. The summed E-state index contributed by atoms with van der Waals surface area (Å²) in [6.07, 6.45) is 2.38. The van der Waals surface area contributed by atoms with Gasteiger partial charge in [0, 0.05) is 36.5 Å². The summed E-state index contributed by atoms with van der Waals surface area (Å²) >= 11 is 1.62. The average Bonchev–Trinajstić information content (AvgIpc) is 2.63. The monoisotopic (exact) mass is 278 g/mol. The fourth-order valence-electron chi connectivity index (χ4n) is 2.10. The molecule has 1 fully saturated rings. The van der Waals surface area contributed by atoms with Crippen LogP contribution in [-0.4, -0.2) is 42.6 Å². The number of carbonyl (C=O) groups is 2. The van der Waals surface area contributed by atoms with Crippen LogP contribution in [0.2, 0.25) is 0 Å². The van der Waals surface area contributed by atoms with Crippen LogP contribution in [0, 0.1) is 6.92 Å². The molecule has 1 aromatic carbocycles. The van der Waals surface area contributed by atoms with Crippen molar-refractivity contribution < 1.29 is 9.59 Å². The first-order valence-electron chi connectivity index (χ1n) is 6.32. The highest BCUT2D eigenvalue weighted by Crippen LogP contribution is 2.20. The zero-order valence-corrected chi connectivity index (χ0v) is 12.0. The summed E-state index contributed by atoms with van der Waals surface area (Å²) < 4.78 is 0. The van der Waals surface area contributed by atoms with Crippen LogP contribution in [0.5, 0.6) is 0 Å². The van der Waals surface area contributed by atoms with Crippen LogP contribution in [-0.2, 0) is 4.79 Å². The second-order valence-corrected chi connectivity index (χ2v) is 5.45. The van der Waals surface area contributed by atoms with Gasteiger partial charge in [0.25, 0.3) is 5.91 Å². The first-order chi connectivity index (χ1) is 9.11. The zero-order chi connectivity index (χ0) is 13.8. The Labute approximate surface area is 117 Å². The van der Waals surface area contributed by atoms with Crippen molar-refractivity contribution in [2.75, 3.05) is 25.9 Å². The quantitative estimate of drug-likeness (QED) is 0.837. The normalized spacial score (nSPS) is 15.9. The zero-order valence-electron chi connectivity index (χ0n) is 11.2. The average molecular weight is 278 g/mol. The number of aryl methyl sites for hydroxylation is 1. The molecule has 0 aliphatic carbocycles. The molecule has 1 heterocycles. The smallest absolute Gasteiger partial charge is 0.254 e. The largest absolute Gasteiger partial charge is 0.354 e. The van der Waals surface area contributed by atoms with E-state index in [2.05, 4.69) is 5.32 Å². The number of nitrogens with zero attached hydrogens (tertiary/aromatic N) is 1. The number of amides is 2. The van der Waals surface area contributed by atoms with Gasteiger partial charge in [-0.25, -0.2) is 0 Å². The first-order valence-corrected chi connectivity index (χ1v) is 7.55. The van der Waals surface area contributed by atoms with Crippen LogP contribution in [0.15, 0.2) is 23.1 Å². The van der Waals surface area contributed by atoms with Gasteiger partial charge in [0.15, 0.2) is 0 Å². The van der Waals surface area contributed by atoms with Gasteiger partial charge in [-0.15, -0.1) is 11.8 Å². The molecule has 0 radical (unpaired) electrons. The predicted octanol–water partition coefficient (Wildman–Crippen LogP) is 1.68. The number of hydrogen-bond acceptors (Lipinski definition) is 3. The van der Waals surface area contributed by atoms with Gasteiger partial charge in [0.05, 0.1) is 0 Å². The van der Waals surface area contributed by atoms with E-state index in [1.54, 1.807) is 16.7 Å². The molecule has 1 saturated heterocycles. The molecule has 1 aromatic rings. The van der Waals surface area contributed by atoms with Gasteiger partial charge in [-0.3, -0.25) is 9.59 Å². The van der Waals surface area contributed by atoms with Crippen molar-refractivity contribution in [1.82, 2.24) is 10.2 Å². The van der Waals surface area contributed by atoms with Gasteiger partial charge >= 0.3 is 0 Å². The number of rotatable bonds is 2. The molecule has 1 aliphatic rings. The van der Waals surface area contributed by atoms with Gasteiger partial charge in [-0.1, -0.05) is 6.07 Å². The number of carbonyl (C=O) groups excluding carboxylic acids is 2. The van der Waals surface area contributed by atoms with E-state index in [-0.39, 0.29) is 11.8 Å². The highest BCUT2D eigenvalue weighted by Gasteiger charge is 2.21. The molecule has 1 N–H and O–H groups in total. The van der Waals surface area contributed by atoms with Crippen molar-refractivity contribution >= 4 is 23.6 Å². The molecule has 0 bridgehead atoms. The Morgan fingerprint density at radius 1 is 1.37 bits per heavy atom. The van der Waals surface area contributed by atoms with E-state index in [4.69, 9.17) is 0 Å². The molecule has 0 aromatic heterocycles. The molecule has 0 unspecified atom stereocenters. The molecule has 102 valence electrons. The van der Waals surface area contributed by atoms with E-state index in [0.29, 0.717) is 26.1 Å². The van der Waals surface area contributed by atoms with Gasteiger partial charge < -0.3 is 10.2 Å². The van der Waals surface area contributed by atoms with Crippen molar-refractivity contribution in [3.05, 3.63) is 29.3 Å². The fourth-order valence-corrected chi connectivity index (χ4v) is 2.54. The van der Waals surface area contributed by atoms with Crippen molar-refractivity contribution in [3.63, 3.8) is 0 Å². The van der Waals surface area contributed by atoms with E-state index in [9.17, 15) is 9.59 Å². The van der Waals surface area contributed by atoms with Gasteiger partial charge in [-0.2, -0.15) is 0 Å². The highest BCUT2D eigenvalue weighted by atomic mass is 32.2. The lowest BCUT2D eigenvalue weighted by atomic mass is 10.1. The minimum absolute atomic E-state index is 0.0184. The molecule has 0 saturated carbocycles. The minimum Gasteiger partial charge on any atom is -0.354 e. The Bertz CT molecular complexity index is 502. The molecule has 5 heteroatoms. The second kappa shape index (κ2) is 6.10. The van der Waals surface area contributed by atoms with Crippen LogP contribution < -0.4 is 5.32 Å². The lowest BCUT2D eigenvalue weighted by Crippen LogP contribution is -2.34. The van der Waals surface area contributed by atoms with Crippen molar-refractivity contribution in [1.29, 1.82) is 0 Å². The molecular formula is C14H18N2O2S. The van der Waals surface area contributed by atoms with Crippen LogP contribution in [0.4, 0.5) is 0 Å². The first kappa shape index (κ1) is 13.9. The summed E-state index contributed by atoms with van der Waals surface area (Å²) in [7, 11) is 0. The van der Waals surface area contributed by atoms with Gasteiger partial charge in [0.1, 0.15) is 0 Å². The third kappa shape index (κ3) is 3.29. The van der Waals surface area contributed by atoms with Crippen LogP contribution in [0.3, 0.4) is 0 Å². The molecule has 1 aliphatic heterocycles. The fraction of sp³-hybridized carbons (Fsp3) is 0.429. The summed E-state index contributed by atoms with van der Waals surface area (Å²) in [6, 6.07) is 5.92. The predicted molar refractivity (Wildman–Crippen MR) is 76.5 cm³/mol. The number of thioether (sulfide) groups is 1. The molecule has 4 nitrogen and oxygen atoms in total. The lowest BCUT2D eigenvalue weighted by Gasteiger charge is -2.20. The van der Waals surface area contributed by atoms with E-state index in [0.717, 1.165) is 16.0 Å². The Morgan fingerprint density at radius 2 is 2.16 bits per heavy atom. The van der Waals surface area contributed by atoms with Crippen LogP contribution in [0.1, 0.15) is 22.3 Å². The van der Waals surface area contributed by atoms with E-state index < -0.39 is 0 Å². The van der Waals surface area contributed by atoms with E-state index in [1.165, 1.54) is 0 Å². The van der Waals surface area contributed by atoms with Crippen molar-refractivity contribution in [2.45, 2.75) is 18.2 Å². The minimum atomic E-state index is 0.0184. The highest BCUT2D eigenvalue weighted by molar-refractivity contribution is 7.98. The third-order valence-electron chi connectivity index (χ3n) is 3.28. The summed E-state index contributed by atoms with van der Waals surface area (Å²) in [5, 5.41) is 2.78. The lowest BCUT2D eigenvalue weighted by molar-refractivity contribution is -0.120. The van der Waals surface area contributed by atoms with Crippen LogP contribution >= 0.6 is 11.8 Å². The van der Waals surface area contributed by atoms with Crippen LogP contribution in [0.25, 0.3) is 0 Å². The Morgan fingerprint density at radius 3 is 2.89 bits per heavy atom. The Balaban J connectivity index is 2.20. The standard InChI is InChI=1S/C14H18N2O2S/c1-10-3-4-11(19-2)9-12(10)14(18)16-7-5-13(17)15-6-8-16/h3-4,9H,5-8H2,1-2H3,(H,15,17). The molecule has 2 amide bonds. The second-order valence-electron chi connectivity index (χ2n) is 4.57. The van der Waals surface area contributed by atoms with Gasteiger partial charge in [-0.05, 0) is 30.9 Å². The maximum atomic E-state index is 12.5. The molecular weight excluding hydrogens is 260 g/mol. The Hall–Kier alpha value is -1.49. The SMILES string of the molecule is CSc1ccc(C)c(C(=O)N2CCNC(=O)CC2)c1. The summed E-state index contributed by atoms with van der Waals surface area (Å²) in [5.74, 6) is 0.0368. The molecule has 2 rings (SSSR count). The van der Waals surface area contributed by atoms with Crippen molar-refractivity contribution in [3.8, 4) is 0 Å².